The second-order valence-electron chi connectivity index (χ2n) is 5.98. The fraction of sp³-hybridized carbons (Fsp3) is 0.389. The minimum atomic E-state index is -0.484. The lowest BCUT2D eigenvalue weighted by Gasteiger charge is -2.27. The second-order valence-corrected chi connectivity index (χ2v) is 6.98. The van der Waals surface area contributed by atoms with E-state index >= 15 is 0 Å². The molecule has 1 aliphatic heterocycles. The van der Waals surface area contributed by atoms with Gasteiger partial charge in [0, 0.05) is 31.1 Å². The molecule has 1 unspecified atom stereocenters. The molecule has 3 N–H and O–H groups in total. The lowest BCUT2D eigenvalue weighted by atomic mass is 10.1. The van der Waals surface area contributed by atoms with Crippen molar-refractivity contribution in [3.8, 4) is 0 Å². The van der Waals surface area contributed by atoms with E-state index in [1.54, 1.807) is 0 Å². The number of halogens is 2. The third-order valence-electron chi connectivity index (χ3n) is 4.25. The van der Waals surface area contributed by atoms with Crippen molar-refractivity contribution < 1.29 is 4.79 Å². The number of nitrogens with two attached hydrogens (primary N) is 1. The van der Waals surface area contributed by atoms with Crippen molar-refractivity contribution in [1.29, 1.82) is 0 Å². The van der Waals surface area contributed by atoms with Gasteiger partial charge in [-0.2, -0.15) is 0 Å². The van der Waals surface area contributed by atoms with Crippen LogP contribution in [0.15, 0.2) is 41.8 Å². The molecule has 3 rings (SSSR count). The minimum Gasteiger partial charge on any atom is -0.353 e. The van der Waals surface area contributed by atoms with Crippen LogP contribution in [0, 0.1) is 0 Å². The van der Waals surface area contributed by atoms with Crippen molar-refractivity contribution in [2.75, 3.05) is 19.6 Å². The summed E-state index contributed by atoms with van der Waals surface area (Å²) in [5, 5.41) is 5.13. The van der Waals surface area contributed by atoms with Crippen molar-refractivity contribution in [1.82, 2.24) is 10.2 Å². The van der Waals surface area contributed by atoms with E-state index in [1.807, 2.05) is 41.7 Å². The Kier molecular flexibility index (Phi) is 9.46. The van der Waals surface area contributed by atoms with Crippen molar-refractivity contribution >= 4 is 42.1 Å². The van der Waals surface area contributed by atoms with Gasteiger partial charge in [0.1, 0.15) is 0 Å². The number of nitrogens with one attached hydrogen (secondary N) is 1. The Morgan fingerprint density at radius 2 is 2.00 bits per heavy atom. The van der Waals surface area contributed by atoms with Gasteiger partial charge in [0.15, 0.2) is 0 Å². The summed E-state index contributed by atoms with van der Waals surface area (Å²) in [6.07, 6.45) is 1.70. The van der Waals surface area contributed by atoms with Crippen LogP contribution in [-0.4, -0.2) is 36.5 Å². The molecule has 4 nitrogen and oxygen atoms in total. The highest BCUT2D eigenvalue weighted by molar-refractivity contribution is 7.10. The number of rotatable bonds is 6. The molecular weight excluding hydrogens is 377 g/mol. The number of carbonyl (C=O) groups excluding carboxylic acids is 1. The summed E-state index contributed by atoms with van der Waals surface area (Å²) in [6.45, 7) is 3.59. The molecule has 2 aromatic rings. The monoisotopic (exact) mass is 401 g/mol. The Bertz CT molecular complexity index is 651. The molecule has 0 saturated heterocycles. The molecule has 0 saturated carbocycles. The van der Waals surface area contributed by atoms with E-state index in [-0.39, 0.29) is 30.7 Å². The topological polar surface area (TPSA) is 58.4 Å². The quantitative estimate of drug-likeness (QED) is 0.781. The molecule has 1 aliphatic rings. The molecule has 1 aromatic carbocycles. The van der Waals surface area contributed by atoms with Gasteiger partial charge in [-0.15, -0.1) is 36.2 Å². The number of carbonyl (C=O) groups is 1. The van der Waals surface area contributed by atoms with Crippen LogP contribution in [0.4, 0.5) is 0 Å². The highest BCUT2D eigenvalue weighted by Crippen LogP contribution is 2.23. The first kappa shape index (κ1) is 21.9. The summed E-state index contributed by atoms with van der Waals surface area (Å²) in [4.78, 5) is 16.0. The number of fused-ring (bicyclic) bond motifs is 1. The van der Waals surface area contributed by atoms with Gasteiger partial charge in [0.05, 0.1) is 6.04 Å². The van der Waals surface area contributed by atoms with Crippen LogP contribution in [0.25, 0.3) is 0 Å². The number of hydrogen-bond donors (Lipinski definition) is 2. The van der Waals surface area contributed by atoms with Crippen LogP contribution >= 0.6 is 36.2 Å². The summed E-state index contributed by atoms with van der Waals surface area (Å²) in [7, 11) is 0. The van der Waals surface area contributed by atoms with Gasteiger partial charge in [0.2, 0.25) is 5.91 Å². The zero-order valence-electron chi connectivity index (χ0n) is 14.0. The van der Waals surface area contributed by atoms with E-state index in [0.717, 1.165) is 31.6 Å². The Hall–Kier alpha value is -1.11. The predicted molar refractivity (Wildman–Crippen MR) is 109 cm³/mol. The van der Waals surface area contributed by atoms with Crippen LogP contribution in [0.3, 0.4) is 0 Å². The van der Waals surface area contributed by atoms with Gasteiger partial charge in [-0.25, -0.2) is 0 Å². The van der Waals surface area contributed by atoms with Gasteiger partial charge >= 0.3 is 0 Å². The number of hydrogen-bond acceptors (Lipinski definition) is 4. The molecule has 1 amide bonds. The molecule has 138 valence electrons. The van der Waals surface area contributed by atoms with E-state index in [1.165, 1.54) is 10.4 Å². The molecule has 25 heavy (non-hydrogen) atoms. The Morgan fingerprint density at radius 1 is 1.24 bits per heavy atom. The maximum atomic E-state index is 12.1. The Morgan fingerprint density at radius 3 is 2.76 bits per heavy atom. The SMILES string of the molecule is Cl.Cl.NC(Cc1ccccc1)C(=O)NCCN1CCc2sccc2C1. The lowest BCUT2D eigenvalue weighted by molar-refractivity contribution is -0.122. The average molecular weight is 402 g/mol. The summed E-state index contributed by atoms with van der Waals surface area (Å²) in [5.41, 5.74) is 8.53. The second kappa shape index (κ2) is 10.8. The summed E-state index contributed by atoms with van der Waals surface area (Å²) >= 11 is 1.85. The summed E-state index contributed by atoms with van der Waals surface area (Å²) in [5.74, 6) is -0.0675. The lowest BCUT2D eigenvalue weighted by Crippen LogP contribution is -2.45. The molecule has 7 heteroatoms. The zero-order valence-corrected chi connectivity index (χ0v) is 16.5. The number of benzene rings is 1. The Labute approximate surface area is 165 Å². The molecule has 0 radical (unpaired) electrons. The normalized spacial score (nSPS) is 14.6. The molecule has 0 spiro atoms. The van der Waals surface area contributed by atoms with Crippen LogP contribution in [0.2, 0.25) is 0 Å². The number of thiophene rings is 1. The fourth-order valence-electron chi connectivity index (χ4n) is 2.93. The van der Waals surface area contributed by atoms with Crippen LogP contribution in [0.1, 0.15) is 16.0 Å². The van der Waals surface area contributed by atoms with Gasteiger partial charge < -0.3 is 11.1 Å². The smallest absolute Gasteiger partial charge is 0.237 e. The minimum absolute atomic E-state index is 0. The van der Waals surface area contributed by atoms with Gasteiger partial charge in [-0.3, -0.25) is 9.69 Å². The van der Waals surface area contributed by atoms with Gasteiger partial charge in [-0.05, 0) is 35.4 Å². The third kappa shape index (κ3) is 6.28. The third-order valence-corrected chi connectivity index (χ3v) is 5.27. The van der Waals surface area contributed by atoms with Crippen molar-refractivity contribution in [3.05, 3.63) is 57.8 Å². The van der Waals surface area contributed by atoms with E-state index in [4.69, 9.17) is 5.73 Å². The summed E-state index contributed by atoms with van der Waals surface area (Å²) < 4.78 is 0. The van der Waals surface area contributed by atoms with Crippen LogP contribution in [-0.2, 0) is 24.2 Å². The fourth-order valence-corrected chi connectivity index (χ4v) is 3.82. The van der Waals surface area contributed by atoms with Crippen molar-refractivity contribution in [3.63, 3.8) is 0 Å². The van der Waals surface area contributed by atoms with E-state index in [0.29, 0.717) is 13.0 Å². The van der Waals surface area contributed by atoms with E-state index in [2.05, 4.69) is 21.7 Å². The van der Waals surface area contributed by atoms with Crippen LogP contribution < -0.4 is 11.1 Å². The highest BCUT2D eigenvalue weighted by atomic mass is 35.5. The van der Waals surface area contributed by atoms with Crippen molar-refractivity contribution in [2.45, 2.75) is 25.4 Å². The summed E-state index contributed by atoms with van der Waals surface area (Å²) in [6, 6.07) is 11.6. The predicted octanol–water partition coefficient (Wildman–Crippen LogP) is 2.64. The largest absolute Gasteiger partial charge is 0.353 e. The van der Waals surface area contributed by atoms with E-state index in [9.17, 15) is 4.79 Å². The molecule has 2 heterocycles. The molecule has 1 aromatic heterocycles. The number of amides is 1. The molecule has 0 aliphatic carbocycles. The average Bonchev–Trinajstić information content (AvgIpc) is 3.03. The molecule has 1 atom stereocenters. The van der Waals surface area contributed by atoms with Crippen LogP contribution in [0.5, 0.6) is 0 Å². The van der Waals surface area contributed by atoms with Gasteiger partial charge in [-0.1, -0.05) is 30.3 Å². The van der Waals surface area contributed by atoms with Gasteiger partial charge in [0.25, 0.3) is 0 Å². The highest BCUT2D eigenvalue weighted by Gasteiger charge is 2.18. The zero-order chi connectivity index (χ0) is 16.1. The molecule has 0 bridgehead atoms. The Balaban J connectivity index is 0.00000156. The maximum absolute atomic E-state index is 12.1. The molecule has 0 fully saturated rings. The number of nitrogens with zero attached hydrogens (tertiary/aromatic N) is 1. The van der Waals surface area contributed by atoms with E-state index < -0.39 is 6.04 Å². The maximum Gasteiger partial charge on any atom is 0.237 e. The first-order chi connectivity index (χ1) is 11.2. The molecular formula is C18H25Cl2N3OS. The first-order valence-corrected chi connectivity index (χ1v) is 8.95. The first-order valence-electron chi connectivity index (χ1n) is 8.07. The standard InChI is InChI=1S/C18H23N3OS.2ClH/c19-16(12-14-4-2-1-3-5-14)18(22)20-8-10-21-9-6-17-15(13-21)7-11-23-17;;/h1-5,7,11,16H,6,8-10,12-13,19H2,(H,20,22);2*1H. The van der Waals surface area contributed by atoms with Crippen molar-refractivity contribution in [2.24, 2.45) is 5.73 Å².